The molecule has 2 heterocycles. The quantitative estimate of drug-likeness (QED) is 0.887. The van der Waals surface area contributed by atoms with Crippen molar-refractivity contribution in [1.29, 1.82) is 0 Å². The smallest absolute Gasteiger partial charge is 0.160 e. The molecule has 0 saturated carbocycles. The third-order valence-electron chi connectivity index (χ3n) is 3.49. The lowest BCUT2D eigenvalue weighted by Gasteiger charge is -2.34. The van der Waals surface area contributed by atoms with Crippen molar-refractivity contribution in [3.05, 3.63) is 17.7 Å². The molecule has 0 radical (unpaired) electrons. The number of nitrogen functional groups attached to an aromatic ring is 1. The van der Waals surface area contributed by atoms with Crippen LogP contribution in [0.5, 0.6) is 0 Å². The van der Waals surface area contributed by atoms with E-state index in [9.17, 15) is 0 Å². The summed E-state index contributed by atoms with van der Waals surface area (Å²) >= 11 is 0. The van der Waals surface area contributed by atoms with Crippen LogP contribution in [0.1, 0.15) is 44.1 Å². The van der Waals surface area contributed by atoms with Gasteiger partial charge in [-0.05, 0) is 5.92 Å². The zero-order chi connectivity index (χ0) is 13.2. The minimum atomic E-state index is -0.421. The topological polar surface area (TPSA) is 70.3 Å². The van der Waals surface area contributed by atoms with Crippen molar-refractivity contribution in [2.24, 2.45) is 0 Å². The van der Waals surface area contributed by atoms with Crippen LogP contribution < -0.4 is 5.73 Å². The Morgan fingerprint density at radius 3 is 2.61 bits per heavy atom. The Hall–Kier alpha value is -1.20. The van der Waals surface area contributed by atoms with Gasteiger partial charge >= 0.3 is 0 Å². The molecule has 0 unspecified atom stereocenters. The van der Waals surface area contributed by atoms with Crippen molar-refractivity contribution >= 4 is 5.69 Å². The summed E-state index contributed by atoms with van der Waals surface area (Å²) in [4.78, 5) is 8.99. The second-order valence-corrected chi connectivity index (χ2v) is 5.00. The maximum atomic E-state index is 5.91. The van der Waals surface area contributed by atoms with Crippen molar-refractivity contribution in [2.75, 3.05) is 26.1 Å². The SMILES string of the molecule is COC1(c2ncc(N)c(C(C)C)n2)CCOCC1. The monoisotopic (exact) mass is 251 g/mol. The first-order chi connectivity index (χ1) is 8.59. The highest BCUT2D eigenvalue weighted by molar-refractivity contribution is 5.42. The average molecular weight is 251 g/mol. The molecular formula is C13H21N3O2. The van der Waals surface area contributed by atoms with Crippen LogP contribution >= 0.6 is 0 Å². The van der Waals surface area contributed by atoms with Crippen LogP contribution in [0.15, 0.2) is 6.20 Å². The van der Waals surface area contributed by atoms with Gasteiger partial charge in [0.15, 0.2) is 5.82 Å². The van der Waals surface area contributed by atoms with Gasteiger partial charge in [0.1, 0.15) is 5.60 Å². The predicted octanol–water partition coefficient (Wildman–Crippen LogP) is 1.83. The maximum Gasteiger partial charge on any atom is 0.160 e. The molecule has 1 saturated heterocycles. The summed E-state index contributed by atoms with van der Waals surface area (Å²) in [5.41, 5.74) is 7.03. The van der Waals surface area contributed by atoms with Gasteiger partial charge in [0.2, 0.25) is 0 Å². The van der Waals surface area contributed by atoms with Gasteiger partial charge in [-0.1, -0.05) is 13.8 Å². The van der Waals surface area contributed by atoms with E-state index < -0.39 is 5.60 Å². The molecule has 0 amide bonds. The number of aromatic nitrogens is 2. The minimum Gasteiger partial charge on any atom is -0.396 e. The van der Waals surface area contributed by atoms with Crippen LogP contribution in [-0.2, 0) is 15.1 Å². The van der Waals surface area contributed by atoms with Gasteiger partial charge < -0.3 is 15.2 Å². The summed E-state index contributed by atoms with van der Waals surface area (Å²) in [6, 6.07) is 0. The average Bonchev–Trinajstić information content (AvgIpc) is 2.39. The third kappa shape index (κ3) is 2.33. The fourth-order valence-corrected chi connectivity index (χ4v) is 2.31. The van der Waals surface area contributed by atoms with Gasteiger partial charge in [-0.15, -0.1) is 0 Å². The molecule has 1 aromatic heterocycles. The number of rotatable bonds is 3. The summed E-state index contributed by atoms with van der Waals surface area (Å²) in [6.07, 6.45) is 3.25. The highest BCUT2D eigenvalue weighted by Crippen LogP contribution is 2.34. The van der Waals surface area contributed by atoms with Crippen LogP contribution in [0.4, 0.5) is 5.69 Å². The molecule has 0 spiro atoms. The van der Waals surface area contributed by atoms with Gasteiger partial charge in [0, 0.05) is 33.2 Å². The lowest BCUT2D eigenvalue weighted by Crippen LogP contribution is -2.37. The van der Waals surface area contributed by atoms with E-state index >= 15 is 0 Å². The third-order valence-corrected chi connectivity index (χ3v) is 3.49. The number of nitrogens with two attached hydrogens (primary N) is 1. The van der Waals surface area contributed by atoms with E-state index in [1.54, 1.807) is 13.3 Å². The zero-order valence-corrected chi connectivity index (χ0v) is 11.3. The lowest BCUT2D eigenvalue weighted by atomic mass is 9.92. The summed E-state index contributed by atoms with van der Waals surface area (Å²) in [7, 11) is 1.71. The van der Waals surface area contributed by atoms with Gasteiger partial charge in [0.05, 0.1) is 17.6 Å². The van der Waals surface area contributed by atoms with E-state index in [-0.39, 0.29) is 5.92 Å². The zero-order valence-electron chi connectivity index (χ0n) is 11.3. The van der Waals surface area contributed by atoms with Gasteiger partial charge in [-0.25, -0.2) is 9.97 Å². The molecule has 1 fully saturated rings. The standard InChI is InChI=1S/C13H21N3O2/c1-9(2)11-10(14)8-15-12(16-11)13(17-3)4-6-18-7-5-13/h8-9H,4-7,14H2,1-3H3. The van der Waals surface area contributed by atoms with Crippen molar-refractivity contribution in [2.45, 2.75) is 38.2 Å². The summed E-state index contributed by atoms with van der Waals surface area (Å²) in [5.74, 6) is 1.01. The Labute approximate surface area is 108 Å². The van der Waals surface area contributed by atoms with Crippen LogP contribution in [0.25, 0.3) is 0 Å². The van der Waals surface area contributed by atoms with E-state index in [0.717, 1.165) is 24.4 Å². The molecule has 2 N–H and O–H groups in total. The Morgan fingerprint density at radius 1 is 1.39 bits per heavy atom. The molecule has 1 aliphatic heterocycles. The molecule has 0 atom stereocenters. The molecular weight excluding hydrogens is 230 g/mol. The largest absolute Gasteiger partial charge is 0.396 e. The van der Waals surface area contributed by atoms with E-state index in [2.05, 4.69) is 23.8 Å². The Morgan fingerprint density at radius 2 is 2.06 bits per heavy atom. The first-order valence-corrected chi connectivity index (χ1v) is 6.35. The normalized spacial score (nSPS) is 19.1. The molecule has 5 nitrogen and oxygen atoms in total. The number of hydrogen-bond donors (Lipinski definition) is 1. The van der Waals surface area contributed by atoms with Crippen LogP contribution in [0.3, 0.4) is 0 Å². The Balaban J connectivity index is 2.39. The molecule has 5 heteroatoms. The predicted molar refractivity (Wildman–Crippen MR) is 69.3 cm³/mol. The van der Waals surface area contributed by atoms with E-state index in [1.807, 2.05) is 0 Å². The lowest BCUT2D eigenvalue weighted by molar-refractivity contribution is -0.100. The molecule has 100 valence electrons. The highest BCUT2D eigenvalue weighted by Gasteiger charge is 2.37. The summed E-state index contributed by atoms with van der Waals surface area (Å²) < 4.78 is 11.1. The molecule has 2 rings (SSSR count). The van der Waals surface area contributed by atoms with Gasteiger partial charge in [0.25, 0.3) is 0 Å². The summed E-state index contributed by atoms with van der Waals surface area (Å²) in [6.45, 7) is 5.51. The van der Waals surface area contributed by atoms with E-state index in [0.29, 0.717) is 18.9 Å². The number of anilines is 1. The number of hydrogen-bond acceptors (Lipinski definition) is 5. The number of ether oxygens (including phenoxy) is 2. The second-order valence-electron chi connectivity index (χ2n) is 5.00. The molecule has 0 aliphatic carbocycles. The van der Waals surface area contributed by atoms with Crippen LogP contribution in [0, 0.1) is 0 Å². The van der Waals surface area contributed by atoms with Gasteiger partial charge in [-0.3, -0.25) is 0 Å². The Kier molecular flexibility index (Phi) is 3.82. The van der Waals surface area contributed by atoms with E-state index in [1.165, 1.54) is 0 Å². The molecule has 1 aromatic rings. The minimum absolute atomic E-state index is 0.278. The van der Waals surface area contributed by atoms with E-state index in [4.69, 9.17) is 15.2 Å². The fraction of sp³-hybridized carbons (Fsp3) is 0.692. The number of methoxy groups -OCH3 is 1. The van der Waals surface area contributed by atoms with Crippen LogP contribution in [-0.4, -0.2) is 30.3 Å². The fourth-order valence-electron chi connectivity index (χ4n) is 2.31. The van der Waals surface area contributed by atoms with Gasteiger partial charge in [-0.2, -0.15) is 0 Å². The highest BCUT2D eigenvalue weighted by atomic mass is 16.5. The first-order valence-electron chi connectivity index (χ1n) is 6.35. The second kappa shape index (κ2) is 5.20. The molecule has 18 heavy (non-hydrogen) atoms. The van der Waals surface area contributed by atoms with Crippen molar-refractivity contribution in [3.63, 3.8) is 0 Å². The molecule has 0 aromatic carbocycles. The molecule has 1 aliphatic rings. The molecule has 0 bridgehead atoms. The van der Waals surface area contributed by atoms with Crippen molar-refractivity contribution in [3.8, 4) is 0 Å². The first kappa shape index (κ1) is 13.2. The van der Waals surface area contributed by atoms with Crippen molar-refractivity contribution < 1.29 is 9.47 Å². The number of nitrogens with zero attached hydrogens (tertiary/aromatic N) is 2. The van der Waals surface area contributed by atoms with Crippen LogP contribution in [0.2, 0.25) is 0 Å². The Bertz CT molecular complexity index is 415. The maximum absolute atomic E-state index is 5.91. The summed E-state index contributed by atoms with van der Waals surface area (Å²) in [5, 5.41) is 0. The van der Waals surface area contributed by atoms with Crippen molar-refractivity contribution in [1.82, 2.24) is 9.97 Å².